The van der Waals surface area contributed by atoms with Crippen LogP contribution in [0.15, 0.2) is 30.3 Å². The number of hydrogen-bond acceptors (Lipinski definition) is 3. The van der Waals surface area contributed by atoms with Crippen molar-refractivity contribution in [2.45, 2.75) is 27.2 Å². The molecule has 100 valence electrons. The predicted molar refractivity (Wildman–Crippen MR) is 80.3 cm³/mol. The van der Waals surface area contributed by atoms with E-state index in [-0.39, 0.29) is 0 Å². The molecular formula is C16H21N3. The maximum atomic E-state index is 4.70. The predicted octanol–water partition coefficient (Wildman–Crippen LogP) is 3.69. The van der Waals surface area contributed by atoms with Gasteiger partial charge in [0.05, 0.1) is 0 Å². The van der Waals surface area contributed by atoms with Gasteiger partial charge in [0.1, 0.15) is 5.82 Å². The van der Waals surface area contributed by atoms with Gasteiger partial charge in [0.25, 0.3) is 0 Å². The van der Waals surface area contributed by atoms with Crippen LogP contribution in [0.25, 0.3) is 11.4 Å². The minimum Gasteiger partial charge on any atom is -0.373 e. The third-order valence-electron chi connectivity index (χ3n) is 3.04. The SMILES string of the molecule is CNc1cc(CC(C)C)nc(-c2ccccc2C)n1. The lowest BCUT2D eigenvalue weighted by Gasteiger charge is -2.10. The van der Waals surface area contributed by atoms with Crippen LogP contribution in [0.4, 0.5) is 5.82 Å². The smallest absolute Gasteiger partial charge is 0.162 e. The normalized spacial score (nSPS) is 10.8. The van der Waals surface area contributed by atoms with Gasteiger partial charge in [0, 0.05) is 24.4 Å². The molecule has 3 nitrogen and oxygen atoms in total. The first-order valence-electron chi connectivity index (χ1n) is 6.72. The summed E-state index contributed by atoms with van der Waals surface area (Å²) in [6.07, 6.45) is 0.968. The van der Waals surface area contributed by atoms with Crippen molar-refractivity contribution in [1.82, 2.24) is 9.97 Å². The molecule has 2 rings (SSSR count). The summed E-state index contributed by atoms with van der Waals surface area (Å²) in [7, 11) is 1.89. The van der Waals surface area contributed by atoms with E-state index < -0.39 is 0 Å². The Balaban J connectivity index is 2.48. The summed E-state index contributed by atoms with van der Waals surface area (Å²) in [4.78, 5) is 9.27. The highest BCUT2D eigenvalue weighted by Gasteiger charge is 2.09. The minimum atomic E-state index is 0.587. The highest BCUT2D eigenvalue weighted by molar-refractivity contribution is 5.61. The van der Waals surface area contributed by atoms with Crippen LogP contribution < -0.4 is 5.32 Å². The highest BCUT2D eigenvalue weighted by Crippen LogP contribution is 2.22. The molecule has 0 aliphatic rings. The molecule has 19 heavy (non-hydrogen) atoms. The molecule has 0 saturated carbocycles. The van der Waals surface area contributed by atoms with Crippen molar-refractivity contribution in [2.24, 2.45) is 5.92 Å². The lowest BCUT2D eigenvalue weighted by molar-refractivity contribution is 0.635. The number of nitrogens with zero attached hydrogens (tertiary/aromatic N) is 2. The van der Waals surface area contributed by atoms with Crippen molar-refractivity contribution in [2.75, 3.05) is 12.4 Å². The summed E-state index contributed by atoms with van der Waals surface area (Å²) >= 11 is 0. The van der Waals surface area contributed by atoms with Crippen molar-refractivity contribution in [3.05, 3.63) is 41.6 Å². The van der Waals surface area contributed by atoms with E-state index in [1.54, 1.807) is 0 Å². The quantitative estimate of drug-likeness (QED) is 0.905. The fourth-order valence-corrected chi connectivity index (χ4v) is 2.09. The number of benzene rings is 1. The van der Waals surface area contributed by atoms with Gasteiger partial charge in [-0.05, 0) is 24.8 Å². The molecule has 0 aliphatic heterocycles. The molecule has 0 saturated heterocycles. The molecule has 0 aliphatic carbocycles. The number of aryl methyl sites for hydroxylation is 1. The molecule has 0 bridgehead atoms. The summed E-state index contributed by atoms with van der Waals surface area (Å²) in [5.74, 6) is 2.27. The second-order valence-corrected chi connectivity index (χ2v) is 5.23. The van der Waals surface area contributed by atoms with E-state index in [4.69, 9.17) is 4.98 Å². The molecule has 1 N–H and O–H groups in total. The first kappa shape index (κ1) is 13.5. The number of aromatic nitrogens is 2. The van der Waals surface area contributed by atoms with E-state index in [1.165, 1.54) is 5.56 Å². The Labute approximate surface area is 115 Å². The average Bonchev–Trinajstić information content (AvgIpc) is 2.38. The molecule has 0 amide bonds. The van der Waals surface area contributed by atoms with Gasteiger partial charge < -0.3 is 5.32 Å². The Morgan fingerprint density at radius 3 is 2.53 bits per heavy atom. The van der Waals surface area contributed by atoms with Crippen LogP contribution in [0.5, 0.6) is 0 Å². The zero-order chi connectivity index (χ0) is 13.8. The van der Waals surface area contributed by atoms with Gasteiger partial charge in [-0.2, -0.15) is 0 Å². The Kier molecular flexibility index (Phi) is 4.15. The summed E-state index contributed by atoms with van der Waals surface area (Å²) < 4.78 is 0. The van der Waals surface area contributed by atoms with Crippen LogP contribution in [0.2, 0.25) is 0 Å². The average molecular weight is 255 g/mol. The molecule has 3 heteroatoms. The first-order valence-corrected chi connectivity index (χ1v) is 6.72. The number of rotatable bonds is 4. The minimum absolute atomic E-state index is 0.587. The maximum absolute atomic E-state index is 4.70. The van der Waals surface area contributed by atoms with Crippen LogP contribution in [0.1, 0.15) is 25.1 Å². The van der Waals surface area contributed by atoms with Crippen molar-refractivity contribution >= 4 is 5.82 Å². The fourth-order valence-electron chi connectivity index (χ4n) is 2.09. The first-order chi connectivity index (χ1) is 9.10. The van der Waals surface area contributed by atoms with Gasteiger partial charge in [-0.15, -0.1) is 0 Å². The number of nitrogens with one attached hydrogen (secondary N) is 1. The van der Waals surface area contributed by atoms with E-state index >= 15 is 0 Å². The summed E-state index contributed by atoms with van der Waals surface area (Å²) in [5, 5.41) is 3.12. The Hall–Kier alpha value is -1.90. The van der Waals surface area contributed by atoms with Crippen molar-refractivity contribution in [3.8, 4) is 11.4 Å². The second-order valence-electron chi connectivity index (χ2n) is 5.23. The van der Waals surface area contributed by atoms with Crippen LogP contribution in [0.3, 0.4) is 0 Å². The molecule has 1 heterocycles. The largest absolute Gasteiger partial charge is 0.373 e. The monoisotopic (exact) mass is 255 g/mol. The van der Waals surface area contributed by atoms with E-state index in [0.717, 1.165) is 29.3 Å². The van der Waals surface area contributed by atoms with Gasteiger partial charge in [-0.1, -0.05) is 38.1 Å². The molecule has 0 spiro atoms. The van der Waals surface area contributed by atoms with Crippen LogP contribution in [-0.4, -0.2) is 17.0 Å². The highest BCUT2D eigenvalue weighted by atomic mass is 15.0. The topological polar surface area (TPSA) is 37.8 Å². The Morgan fingerprint density at radius 1 is 1.16 bits per heavy atom. The fraction of sp³-hybridized carbons (Fsp3) is 0.375. The van der Waals surface area contributed by atoms with E-state index in [9.17, 15) is 0 Å². The molecule has 2 aromatic rings. The molecule has 0 atom stereocenters. The van der Waals surface area contributed by atoms with Crippen molar-refractivity contribution in [1.29, 1.82) is 0 Å². The third-order valence-corrected chi connectivity index (χ3v) is 3.04. The summed E-state index contributed by atoms with van der Waals surface area (Å²) in [5.41, 5.74) is 3.39. The van der Waals surface area contributed by atoms with Crippen LogP contribution in [-0.2, 0) is 6.42 Å². The second kappa shape index (κ2) is 5.83. The van der Waals surface area contributed by atoms with Gasteiger partial charge in [-0.3, -0.25) is 0 Å². The maximum Gasteiger partial charge on any atom is 0.162 e. The lowest BCUT2D eigenvalue weighted by atomic mass is 10.1. The Morgan fingerprint density at radius 2 is 1.89 bits per heavy atom. The molecule has 0 fully saturated rings. The van der Waals surface area contributed by atoms with Gasteiger partial charge in [-0.25, -0.2) is 9.97 Å². The number of hydrogen-bond donors (Lipinski definition) is 1. The zero-order valence-corrected chi connectivity index (χ0v) is 12.1. The molecule has 1 aromatic carbocycles. The third kappa shape index (κ3) is 3.31. The van der Waals surface area contributed by atoms with Gasteiger partial charge in [0.2, 0.25) is 0 Å². The van der Waals surface area contributed by atoms with Gasteiger partial charge in [0.15, 0.2) is 5.82 Å². The van der Waals surface area contributed by atoms with Gasteiger partial charge >= 0.3 is 0 Å². The standard InChI is InChI=1S/C16H21N3/c1-11(2)9-13-10-15(17-4)19-16(18-13)14-8-6-5-7-12(14)3/h5-8,10-11H,9H2,1-4H3,(H,17,18,19). The summed E-state index contributed by atoms with van der Waals surface area (Å²) in [6.45, 7) is 6.50. The van der Waals surface area contributed by atoms with Crippen LogP contribution in [0, 0.1) is 12.8 Å². The van der Waals surface area contributed by atoms with Crippen LogP contribution >= 0.6 is 0 Å². The molecular weight excluding hydrogens is 234 g/mol. The molecule has 1 aromatic heterocycles. The summed E-state index contributed by atoms with van der Waals surface area (Å²) in [6, 6.07) is 10.3. The van der Waals surface area contributed by atoms with Crippen molar-refractivity contribution < 1.29 is 0 Å². The number of anilines is 1. The zero-order valence-electron chi connectivity index (χ0n) is 12.1. The molecule has 0 unspecified atom stereocenters. The van der Waals surface area contributed by atoms with Crippen molar-refractivity contribution in [3.63, 3.8) is 0 Å². The lowest BCUT2D eigenvalue weighted by Crippen LogP contribution is -2.04. The van der Waals surface area contributed by atoms with E-state index in [1.807, 2.05) is 25.2 Å². The van der Waals surface area contributed by atoms with E-state index in [2.05, 4.69) is 43.2 Å². The molecule has 0 radical (unpaired) electrons. The Bertz CT molecular complexity index is 562. The van der Waals surface area contributed by atoms with E-state index in [0.29, 0.717) is 5.92 Å².